The number of amides is 1. The average molecular weight is 708 g/mol. The molecule has 258 valence electrons. The van der Waals surface area contributed by atoms with Crippen LogP contribution in [0.2, 0.25) is 0 Å². The first kappa shape index (κ1) is 36.8. The summed E-state index contributed by atoms with van der Waals surface area (Å²) < 4.78 is 69.5. The number of nitrogens with zero attached hydrogens (tertiary/aromatic N) is 2. The van der Waals surface area contributed by atoms with Gasteiger partial charge in [0.15, 0.2) is 0 Å². The monoisotopic (exact) mass is 707 g/mol. The molecule has 47 heavy (non-hydrogen) atoms. The number of benzene rings is 2. The first-order valence-corrected chi connectivity index (χ1v) is 19.5. The predicted molar refractivity (Wildman–Crippen MR) is 183 cm³/mol. The molecule has 1 aliphatic rings. The Kier molecular flexibility index (Phi) is 12.5. The molecule has 0 unspecified atom stereocenters. The first-order valence-electron chi connectivity index (χ1n) is 15.7. The van der Waals surface area contributed by atoms with E-state index < -0.39 is 38.1 Å². The fourth-order valence-corrected chi connectivity index (χ4v) is 8.73. The van der Waals surface area contributed by atoms with Gasteiger partial charge in [0.05, 0.1) is 35.3 Å². The van der Waals surface area contributed by atoms with Crippen LogP contribution >= 0.6 is 11.3 Å². The zero-order valence-corrected chi connectivity index (χ0v) is 29.9. The molecule has 0 bridgehead atoms. The number of carbonyl (C=O) groups excluding carboxylic acids is 1. The Labute approximate surface area is 282 Å². The summed E-state index contributed by atoms with van der Waals surface area (Å²) in [5.41, 5.74) is 1.24. The van der Waals surface area contributed by atoms with Gasteiger partial charge < -0.3 is 19.5 Å². The largest absolute Gasteiger partial charge is 0.490 e. The molecule has 0 saturated heterocycles. The number of aliphatic hydroxyl groups excluding tert-OH is 1. The maximum absolute atomic E-state index is 14.3. The van der Waals surface area contributed by atoms with Crippen LogP contribution in [-0.4, -0.2) is 88.7 Å². The van der Waals surface area contributed by atoms with Crippen LogP contribution in [0.3, 0.4) is 0 Å². The number of ether oxygens (including phenoxy) is 2. The Balaban J connectivity index is 1.68. The average Bonchev–Trinajstić information content (AvgIpc) is 3.59. The van der Waals surface area contributed by atoms with E-state index in [0.29, 0.717) is 18.8 Å². The van der Waals surface area contributed by atoms with Crippen LogP contribution in [-0.2, 0) is 24.8 Å². The number of carbonyl (C=O) groups is 1. The van der Waals surface area contributed by atoms with Crippen LogP contribution in [0.1, 0.15) is 56.0 Å². The summed E-state index contributed by atoms with van der Waals surface area (Å²) in [6.07, 6.45) is 1.35. The molecule has 2 heterocycles. The number of nitrogens with one attached hydrogen (secondary N) is 1. The van der Waals surface area contributed by atoms with Crippen molar-refractivity contribution < 1.29 is 36.2 Å². The van der Waals surface area contributed by atoms with Crippen molar-refractivity contribution in [3.8, 4) is 5.75 Å². The summed E-state index contributed by atoms with van der Waals surface area (Å²) in [5, 5.41) is 11.9. The molecule has 0 saturated carbocycles. The van der Waals surface area contributed by atoms with Gasteiger partial charge in [0.1, 0.15) is 9.96 Å². The Hall–Kier alpha value is -3.01. The van der Waals surface area contributed by atoms with Crippen LogP contribution in [0, 0.1) is 12.8 Å². The number of hydrogen-bond donors (Lipinski definition) is 2. The molecule has 4 rings (SSSR count). The first-order chi connectivity index (χ1) is 22.2. The van der Waals surface area contributed by atoms with E-state index in [-0.39, 0.29) is 52.1 Å². The lowest BCUT2D eigenvalue weighted by molar-refractivity contribution is -0.00832. The summed E-state index contributed by atoms with van der Waals surface area (Å²) in [7, 11) is -6.17. The zero-order valence-electron chi connectivity index (χ0n) is 27.5. The Morgan fingerprint density at radius 1 is 1.09 bits per heavy atom. The summed E-state index contributed by atoms with van der Waals surface area (Å²) >= 11 is 1.14. The SMILES string of the molecule is Cc1ccc(S(=O)(=O)Nc2ccc3c(c2)C(=O)N([C@H](C)CO)C[C@@H](C)[C@@H](CN(C)S(=O)(=O)c2cccs2)OCCCC[C@H](C)O3)cc1. The lowest BCUT2D eigenvalue weighted by Crippen LogP contribution is -2.48. The molecule has 1 aromatic heterocycles. The number of anilines is 1. The number of hydrogen-bond acceptors (Lipinski definition) is 9. The molecule has 14 heteroatoms. The number of aliphatic hydroxyl groups is 1. The van der Waals surface area contributed by atoms with Crippen molar-refractivity contribution in [3.05, 3.63) is 71.1 Å². The lowest BCUT2D eigenvalue weighted by atomic mass is 10.0. The minimum Gasteiger partial charge on any atom is -0.490 e. The molecule has 4 atom stereocenters. The molecule has 1 amide bonds. The highest BCUT2D eigenvalue weighted by Crippen LogP contribution is 2.30. The van der Waals surface area contributed by atoms with Crippen molar-refractivity contribution in [1.29, 1.82) is 0 Å². The Morgan fingerprint density at radius 2 is 1.81 bits per heavy atom. The molecule has 2 aromatic carbocycles. The van der Waals surface area contributed by atoms with E-state index in [1.807, 2.05) is 20.8 Å². The number of rotatable bonds is 9. The van der Waals surface area contributed by atoms with E-state index in [0.717, 1.165) is 29.7 Å². The van der Waals surface area contributed by atoms with Gasteiger partial charge in [-0.15, -0.1) is 11.3 Å². The molecule has 0 spiro atoms. The fourth-order valence-electron chi connectivity index (χ4n) is 5.30. The minimum absolute atomic E-state index is 0.0674. The number of likely N-dealkylation sites (N-methyl/N-ethyl adjacent to an activating group) is 1. The second-order valence-electron chi connectivity index (χ2n) is 12.1. The normalized spacial score (nSPS) is 21.0. The Morgan fingerprint density at radius 3 is 2.47 bits per heavy atom. The summed E-state index contributed by atoms with van der Waals surface area (Å²) in [4.78, 5) is 15.9. The van der Waals surface area contributed by atoms with E-state index in [4.69, 9.17) is 9.47 Å². The van der Waals surface area contributed by atoms with E-state index in [1.165, 1.54) is 34.5 Å². The molecular weight excluding hydrogens is 663 g/mol. The van der Waals surface area contributed by atoms with Crippen molar-refractivity contribution in [2.24, 2.45) is 5.92 Å². The van der Waals surface area contributed by atoms with Crippen LogP contribution in [0.4, 0.5) is 5.69 Å². The number of thiophene rings is 1. The van der Waals surface area contributed by atoms with Crippen molar-refractivity contribution >= 4 is 43.0 Å². The third-order valence-electron chi connectivity index (χ3n) is 8.23. The summed E-state index contributed by atoms with van der Waals surface area (Å²) in [6.45, 7) is 7.64. The molecule has 11 nitrogen and oxygen atoms in total. The van der Waals surface area contributed by atoms with Gasteiger partial charge in [0.2, 0.25) is 0 Å². The van der Waals surface area contributed by atoms with E-state index in [1.54, 1.807) is 48.7 Å². The van der Waals surface area contributed by atoms with Gasteiger partial charge in [-0.1, -0.05) is 30.7 Å². The fraction of sp³-hybridized carbons (Fsp3) is 0.485. The van der Waals surface area contributed by atoms with Gasteiger partial charge in [-0.3, -0.25) is 9.52 Å². The van der Waals surface area contributed by atoms with Gasteiger partial charge >= 0.3 is 0 Å². The van der Waals surface area contributed by atoms with E-state index >= 15 is 0 Å². The number of sulfonamides is 2. The van der Waals surface area contributed by atoms with Crippen LogP contribution < -0.4 is 9.46 Å². The Bertz CT molecular complexity index is 1700. The van der Waals surface area contributed by atoms with Crippen molar-refractivity contribution in [2.45, 2.75) is 74.3 Å². The van der Waals surface area contributed by atoms with Crippen molar-refractivity contribution in [1.82, 2.24) is 9.21 Å². The molecule has 1 aliphatic heterocycles. The third kappa shape index (κ3) is 9.33. The smallest absolute Gasteiger partial charge is 0.261 e. The maximum atomic E-state index is 14.3. The van der Waals surface area contributed by atoms with Crippen LogP contribution in [0.5, 0.6) is 5.75 Å². The van der Waals surface area contributed by atoms with Gasteiger partial charge in [-0.05, 0) is 81.8 Å². The minimum atomic E-state index is -3.95. The van der Waals surface area contributed by atoms with Crippen molar-refractivity contribution in [3.63, 3.8) is 0 Å². The topological polar surface area (TPSA) is 143 Å². The number of fused-ring (bicyclic) bond motifs is 1. The predicted octanol–water partition coefficient (Wildman–Crippen LogP) is 4.97. The van der Waals surface area contributed by atoms with Gasteiger partial charge in [0.25, 0.3) is 26.0 Å². The standard InChI is InChI=1S/C33H45N3O8S3/c1-23-11-14-28(15-12-23)46(39,40)34-27-13-16-30-29(19-27)33(38)36(25(3)22-37)20-24(2)31(43-17-7-6-9-26(4)44-30)21-35(5)47(41,42)32-10-8-18-45-32/h8,10-16,18-19,24-26,31,34,37H,6-7,9,17,20-22H2,1-5H3/t24-,25-,26+,31-/m1/s1. The molecule has 0 radical (unpaired) electrons. The van der Waals surface area contributed by atoms with Crippen LogP contribution in [0.25, 0.3) is 0 Å². The van der Waals surface area contributed by atoms with E-state index in [2.05, 4.69) is 4.72 Å². The molecule has 2 N–H and O–H groups in total. The highest BCUT2D eigenvalue weighted by molar-refractivity contribution is 7.92. The summed E-state index contributed by atoms with van der Waals surface area (Å²) in [5.74, 6) is -0.508. The highest BCUT2D eigenvalue weighted by atomic mass is 32.2. The zero-order chi connectivity index (χ0) is 34.4. The van der Waals surface area contributed by atoms with Gasteiger partial charge in [-0.25, -0.2) is 16.8 Å². The van der Waals surface area contributed by atoms with E-state index in [9.17, 15) is 26.7 Å². The molecule has 0 fully saturated rings. The maximum Gasteiger partial charge on any atom is 0.261 e. The second-order valence-corrected chi connectivity index (χ2v) is 17.0. The van der Waals surface area contributed by atoms with Gasteiger partial charge in [0, 0.05) is 38.3 Å². The molecular formula is C33H45N3O8S3. The third-order valence-corrected chi connectivity index (χ3v) is 12.8. The van der Waals surface area contributed by atoms with Crippen molar-refractivity contribution in [2.75, 3.05) is 38.1 Å². The number of aryl methyl sites for hydroxylation is 1. The highest BCUT2D eigenvalue weighted by Gasteiger charge is 2.33. The molecule has 3 aromatic rings. The second kappa shape index (κ2) is 15.9. The summed E-state index contributed by atoms with van der Waals surface area (Å²) in [6, 6.07) is 13.7. The lowest BCUT2D eigenvalue weighted by Gasteiger charge is -2.35. The quantitative estimate of drug-likeness (QED) is 0.318. The van der Waals surface area contributed by atoms with Gasteiger partial charge in [-0.2, -0.15) is 4.31 Å². The van der Waals surface area contributed by atoms with Crippen LogP contribution in [0.15, 0.2) is 69.1 Å². The molecule has 0 aliphatic carbocycles.